The van der Waals surface area contributed by atoms with Crippen molar-refractivity contribution in [3.8, 4) is 5.82 Å². The van der Waals surface area contributed by atoms with Crippen molar-refractivity contribution in [2.24, 2.45) is 0 Å². The van der Waals surface area contributed by atoms with Crippen molar-refractivity contribution in [3.05, 3.63) is 60.1 Å². The fourth-order valence-corrected chi connectivity index (χ4v) is 2.57. The third-order valence-corrected chi connectivity index (χ3v) is 3.70. The number of hydrogen-bond acceptors (Lipinski definition) is 4. The molecule has 3 aromatic heterocycles. The molecule has 24 heavy (non-hydrogen) atoms. The quantitative estimate of drug-likeness (QED) is 0.777. The largest absolute Gasteiger partial charge is 0.348 e. The summed E-state index contributed by atoms with van der Waals surface area (Å²) in [6.45, 7) is 6.56. The lowest BCUT2D eigenvalue weighted by Gasteiger charge is -2.15. The zero-order chi connectivity index (χ0) is 17.1. The van der Waals surface area contributed by atoms with Gasteiger partial charge in [-0.2, -0.15) is 5.10 Å². The molecule has 1 N–H and O–H groups in total. The molecule has 0 fully saturated rings. The fraction of sp³-hybridized carbons (Fsp3) is 0.294. The molecule has 3 rings (SSSR count). The van der Waals surface area contributed by atoms with E-state index in [4.69, 9.17) is 0 Å². The van der Waals surface area contributed by atoms with Crippen molar-refractivity contribution in [2.75, 3.05) is 0 Å². The number of nitrogens with zero attached hydrogens (tertiary/aromatic N) is 5. The van der Waals surface area contributed by atoms with Gasteiger partial charge in [0.2, 0.25) is 0 Å². The molecule has 3 heterocycles. The van der Waals surface area contributed by atoms with Gasteiger partial charge in [-0.3, -0.25) is 14.0 Å². The molecule has 1 amide bonds. The number of aromatic nitrogens is 5. The first-order valence-electron chi connectivity index (χ1n) is 7.79. The van der Waals surface area contributed by atoms with Crippen LogP contribution in [0.1, 0.15) is 28.7 Å². The third kappa shape index (κ3) is 3.51. The number of pyridine rings is 1. The Bertz CT molecular complexity index is 837. The molecular weight excluding hydrogens is 304 g/mol. The lowest BCUT2D eigenvalue weighted by atomic mass is 10.2. The second-order valence-electron chi connectivity index (χ2n) is 5.86. The maximum atomic E-state index is 12.5. The lowest BCUT2D eigenvalue weighted by Crippen LogP contribution is -2.36. The Kier molecular flexibility index (Phi) is 4.41. The van der Waals surface area contributed by atoms with E-state index in [0.717, 1.165) is 11.4 Å². The molecule has 7 heteroatoms. The summed E-state index contributed by atoms with van der Waals surface area (Å²) >= 11 is 0. The number of carbonyl (C=O) groups is 1. The van der Waals surface area contributed by atoms with Crippen LogP contribution in [0.25, 0.3) is 5.82 Å². The van der Waals surface area contributed by atoms with Gasteiger partial charge in [-0.15, -0.1) is 0 Å². The van der Waals surface area contributed by atoms with Crippen molar-refractivity contribution in [1.82, 2.24) is 29.6 Å². The minimum Gasteiger partial charge on any atom is -0.348 e. The van der Waals surface area contributed by atoms with E-state index in [2.05, 4.69) is 20.4 Å². The summed E-state index contributed by atoms with van der Waals surface area (Å²) in [4.78, 5) is 20.7. The first kappa shape index (κ1) is 15.9. The molecule has 0 aliphatic heterocycles. The smallest absolute Gasteiger partial charge is 0.251 e. The van der Waals surface area contributed by atoms with E-state index >= 15 is 0 Å². The zero-order valence-corrected chi connectivity index (χ0v) is 14.0. The zero-order valence-electron chi connectivity index (χ0n) is 14.0. The number of nitrogens with one attached hydrogen (secondary N) is 1. The molecule has 0 saturated heterocycles. The highest BCUT2D eigenvalue weighted by Gasteiger charge is 2.13. The van der Waals surface area contributed by atoms with E-state index in [1.54, 1.807) is 41.6 Å². The molecule has 0 saturated carbocycles. The summed E-state index contributed by atoms with van der Waals surface area (Å²) in [7, 11) is 0. The molecule has 0 spiro atoms. The van der Waals surface area contributed by atoms with Crippen LogP contribution in [0, 0.1) is 13.8 Å². The van der Waals surface area contributed by atoms with Gasteiger partial charge < -0.3 is 5.32 Å². The van der Waals surface area contributed by atoms with Crippen LogP contribution in [0.4, 0.5) is 0 Å². The maximum Gasteiger partial charge on any atom is 0.251 e. The summed E-state index contributed by atoms with van der Waals surface area (Å²) in [6.07, 6.45) is 6.73. The highest BCUT2D eigenvalue weighted by molar-refractivity contribution is 5.94. The fourth-order valence-electron chi connectivity index (χ4n) is 2.57. The van der Waals surface area contributed by atoms with Gasteiger partial charge in [0.1, 0.15) is 12.1 Å². The Morgan fingerprint density at radius 3 is 2.79 bits per heavy atom. The predicted octanol–water partition coefficient (Wildman–Crippen LogP) is 1.90. The van der Waals surface area contributed by atoms with Crippen molar-refractivity contribution in [2.45, 2.75) is 33.4 Å². The third-order valence-electron chi connectivity index (χ3n) is 3.70. The minimum absolute atomic E-state index is 0.0413. The highest BCUT2D eigenvalue weighted by Crippen LogP contribution is 2.08. The molecule has 0 aliphatic carbocycles. The van der Waals surface area contributed by atoms with Gasteiger partial charge in [-0.05, 0) is 39.0 Å². The molecule has 0 bridgehead atoms. The SMILES string of the molecule is Cc1cc(C)n(CC(C)NC(=O)c2ccnc(-n3ccnc3)c2)n1. The van der Waals surface area contributed by atoms with Gasteiger partial charge in [-0.25, -0.2) is 9.97 Å². The second-order valence-corrected chi connectivity index (χ2v) is 5.86. The standard InChI is InChI=1S/C17H20N6O/c1-12-8-14(3)23(21-12)10-13(2)20-17(24)15-4-5-19-16(9-15)22-7-6-18-11-22/h4-9,11,13H,10H2,1-3H3,(H,20,24). The number of amides is 1. The van der Waals surface area contributed by atoms with E-state index in [-0.39, 0.29) is 11.9 Å². The molecule has 0 aromatic carbocycles. The monoisotopic (exact) mass is 324 g/mol. The van der Waals surface area contributed by atoms with Gasteiger partial charge in [0.25, 0.3) is 5.91 Å². The Hall–Kier alpha value is -2.96. The maximum absolute atomic E-state index is 12.5. The molecule has 3 aromatic rings. The first-order chi connectivity index (χ1) is 11.5. The molecule has 124 valence electrons. The summed E-state index contributed by atoms with van der Waals surface area (Å²) in [6, 6.07) is 5.42. The van der Waals surface area contributed by atoms with Crippen LogP contribution < -0.4 is 5.32 Å². The van der Waals surface area contributed by atoms with E-state index in [1.807, 2.05) is 31.5 Å². The number of rotatable bonds is 5. The molecule has 1 unspecified atom stereocenters. The summed E-state index contributed by atoms with van der Waals surface area (Å²) in [5, 5.41) is 7.42. The number of imidazole rings is 1. The summed E-state index contributed by atoms with van der Waals surface area (Å²) in [5.74, 6) is 0.527. The predicted molar refractivity (Wildman–Crippen MR) is 90.0 cm³/mol. The topological polar surface area (TPSA) is 77.6 Å². The van der Waals surface area contributed by atoms with Crippen LogP contribution >= 0.6 is 0 Å². The number of aryl methyl sites for hydroxylation is 2. The Labute approximate surface area is 140 Å². The molecule has 0 radical (unpaired) electrons. The molecular formula is C17H20N6O. The number of carbonyl (C=O) groups excluding carboxylic acids is 1. The van der Waals surface area contributed by atoms with Gasteiger partial charge in [0, 0.05) is 35.9 Å². The number of hydrogen-bond donors (Lipinski definition) is 1. The normalized spacial score (nSPS) is 12.1. The lowest BCUT2D eigenvalue weighted by molar-refractivity contribution is 0.0935. The summed E-state index contributed by atoms with van der Waals surface area (Å²) in [5.41, 5.74) is 2.62. The van der Waals surface area contributed by atoms with Crippen molar-refractivity contribution in [1.29, 1.82) is 0 Å². The Morgan fingerprint density at radius 1 is 1.29 bits per heavy atom. The van der Waals surface area contributed by atoms with E-state index in [0.29, 0.717) is 17.9 Å². The van der Waals surface area contributed by atoms with Crippen LogP contribution in [0.15, 0.2) is 43.1 Å². The minimum atomic E-state index is -0.132. The summed E-state index contributed by atoms with van der Waals surface area (Å²) < 4.78 is 3.67. The molecule has 0 aliphatic rings. The van der Waals surface area contributed by atoms with Gasteiger partial charge >= 0.3 is 0 Å². The Morgan fingerprint density at radius 2 is 2.12 bits per heavy atom. The van der Waals surface area contributed by atoms with Crippen molar-refractivity contribution < 1.29 is 4.79 Å². The Balaban J connectivity index is 1.68. The van der Waals surface area contributed by atoms with Gasteiger partial charge in [0.05, 0.1) is 12.2 Å². The highest BCUT2D eigenvalue weighted by atomic mass is 16.1. The van der Waals surface area contributed by atoms with Crippen LogP contribution in [-0.4, -0.2) is 36.3 Å². The molecule has 7 nitrogen and oxygen atoms in total. The van der Waals surface area contributed by atoms with E-state index in [9.17, 15) is 4.79 Å². The average Bonchev–Trinajstić information content (AvgIpc) is 3.18. The van der Waals surface area contributed by atoms with Crippen LogP contribution in [0.3, 0.4) is 0 Å². The van der Waals surface area contributed by atoms with Crippen LogP contribution in [0.2, 0.25) is 0 Å². The first-order valence-corrected chi connectivity index (χ1v) is 7.79. The van der Waals surface area contributed by atoms with E-state index in [1.165, 1.54) is 0 Å². The van der Waals surface area contributed by atoms with Gasteiger partial charge in [-0.1, -0.05) is 0 Å². The van der Waals surface area contributed by atoms with Crippen molar-refractivity contribution >= 4 is 5.91 Å². The van der Waals surface area contributed by atoms with Crippen LogP contribution in [0.5, 0.6) is 0 Å². The average molecular weight is 324 g/mol. The van der Waals surface area contributed by atoms with Crippen molar-refractivity contribution in [3.63, 3.8) is 0 Å². The second kappa shape index (κ2) is 6.66. The molecule has 1 atom stereocenters. The van der Waals surface area contributed by atoms with E-state index < -0.39 is 0 Å². The van der Waals surface area contributed by atoms with Gasteiger partial charge in [0.15, 0.2) is 0 Å². The van der Waals surface area contributed by atoms with Crippen LogP contribution in [-0.2, 0) is 6.54 Å².